The van der Waals surface area contributed by atoms with Gasteiger partial charge in [0.15, 0.2) is 11.5 Å². The van der Waals surface area contributed by atoms with Crippen molar-refractivity contribution in [2.45, 2.75) is 19.8 Å². The Kier molecular flexibility index (Phi) is 4.63. The van der Waals surface area contributed by atoms with Crippen molar-refractivity contribution < 1.29 is 14.3 Å². The van der Waals surface area contributed by atoms with Gasteiger partial charge in [0.25, 0.3) is 0 Å². The predicted octanol–water partition coefficient (Wildman–Crippen LogP) is 1.77. The summed E-state index contributed by atoms with van der Waals surface area (Å²) >= 11 is 0. The summed E-state index contributed by atoms with van der Waals surface area (Å²) in [6, 6.07) is 5.44. The normalized spacial score (nSPS) is 15.5. The first-order chi connectivity index (χ1) is 9.20. The lowest BCUT2D eigenvalue weighted by Crippen LogP contribution is -2.22. The number of hydrogen-bond acceptors (Lipinski definition) is 4. The first-order valence-corrected chi connectivity index (χ1v) is 6.61. The molecule has 1 amide bonds. The van der Waals surface area contributed by atoms with Gasteiger partial charge in [0.2, 0.25) is 5.91 Å². The third-order valence-electron chi connectivity index (χ3n) is 3.06. The predicted molar refractivity (Wildman–Crippen MR) is 73.5 cm³/mol. The summed E-state index contributed by atoms with van der Waals surface area (Å²) in [4.78, 5) is 11.9. The van der Waals surface area contributed by atoms with Crippen LogP contribution in [-0.4, -0.2) is 25.7 Å². The number of hydrogen-bond donors (Lipinski definition) is 2. The maximum absolute atomic E-state index is 11.9. The molecular weight excluding hydrogens is 244 g/mol. The van der Waals surface area contributed by atoms with Crippen LogP contribution < -0.4 is 20.5 Å². The maximum Gasteiger partial charge on any atom is 0.227 e. The summed E-state index contributed by atoms with van der Waals surface area (Å²) in [6.07, 6.45) is 1.54. The summed E-state index contributed by atoms with van der Waals surface area (Å²) in [5.74, 6) is 1.29. The number of nitrogens with one attached hydrogen (secondary N) is 1. The Morgan fingerprint density at radius 2 is 2.11 bits per heavy atom. The van der Waals surface area contributed by atoms with Gasteiger partial charge in [0.1, 0.15) is 0 Å². The molecule has 0 aromatic heterocycles. The Labute approximate surface area is 113 Å². The smallest absolute Gasteiger partial charge is 0.227 e. The van der Waals surface area contributed by atoms with Crippen molar-refractivity contribution in [2.24, 2.45) is 11.7 Å². The monoisotopic (exact) mass is 264 g/mol. The van der Waals surface area contributed by atoms with Crippen LogP contribution in [0.3, 0.4) is 0 Å². The van der Waals surface area contributed by atoms with Crippen molar-refractivity contribution in [3.63, 3.8) is 0 Å². The fourth-order valence-electron chi connectivity index (χ4n) is 1.89. The van der Waals surface area contributed by atoms with Gasteiger partial charge in [-0.1, -0.05) is 6.92 Å². The molecule has 0 aliphatic carbocycles. The molecule has 1 unspecified atom stereocenters. The van der Waals surface area contributed by atoms with Crippen molar-refractivity contribution in [2.75, 3.05) is 25.1 Å². The molecule has 1 heterocycles. The molecule has 0 radical (unpaired) electrons. The molecule has 5 heteroatoms. The zero-order chi connectivity index (χ0) is 13.7. The van der Waals surface area contributed by atoms with Crippen LogP contribution >= 0.6 is 0 Å². The Balaban J connectivity index is 2.05. The molecule has 3 N–H and O–H groups in total. The Morgan fingerprint density at radius 3 is 2.84 bits per heavy atom. The molecule has 1 aliphatic rings. The zero-order valence-electron chi connectivity index (χ0n) is 11.1. The fraction of sp³-hybridized carbons (Fsp3) is 0.500. The van der Waals surface area contributed by atoms with E-state index in [9.17, 15) is 4.79 Å². The van der Waals surface area contributed by atoms with Crippen molar-refractivity contribution in [1.29, 1.82) is 0 Å². The molecule has 1 aromatic rings. The largest absolute Gasteiger partial charge is 0.490 e. The van der Waals surface area contributed by atoms with E-state index in [2.05, 4.69) is 5.32 Å². The van der Waals surface area contributed by atoms with Crippen LogP contribution in [0, 0.1) is 5.92 Å². The highest BCUT2D eigenvalue weighted by atomic mass is 16.5. The van der Waals surface area contributed by atoms with Crippen molar-refractivity contribution in [3.05, 3.63) is 18.2 Å². The second kappa shape index (κ2) is 6.43. The average Bonchev–Trinajstić information content (AvgIpc) is 2.63. The molecule has 2 rings (SSSR count). The minimum Gasteiger partial charge on any atom is -0.490 e. The Hall–Kier alpha value is -1.75. The SMILES string of the molecule is CC(CCN)C(=O)Nc1ccc2c(c1)OCCCO2. The van der Waals surface area contributed by atoms with Crippen LogP contribution in [-0.2, 0) is 4.79 Å². The molecule has 0 saturated carbocycles. The molecule has 104 valence electrons. The lowest BCUT2D eigenvalue weighted by atomic mass is 10.1. The van der Waals surface area contributed by atoms with Crippen molar-refractivity contribution >= 4 is 11.6 Å². The van der Waals surface area contributed by atoms with Gasteiger partial charge in [-0.3, -0.25) is 4.79 Å². The molecule has 0 saturated heterocycles. The van der Waals surface area contributed by atoms with Crippen LogP contribution in [0.2, 0.25) is 0 Å². The topological polar surface area (TPSA) is 73.6 Å². The number of ether oxygens (including phenoxy) is 2. The van der Waals surface area contributed by atoms with Gasteiger partial charge >= 0.3 is 0 Å². The van der Waals surface area contributed by atoms with Crippen LogP contribution in [0.25, 0.3) is 0 Å². The van der Waals surface area contributed by atoms with E-state index in [1.807, 2.05) is 19.1 Å². The van der Waals surface area contributed by atoms with Gasteiger partial charge in [-0.05, 0) is 25.1 Å². The van der Waals surface area contributed by atoms with E-state index in [1.165, 1.54) is 0 Å². The summed E-state index contributed by atoms with van der Waals surface area (Å²) in [6.45, 7) is 3.67. The van der Waals surface area contributed by atoms with Gasteiger partial charge in [-0.25, -0.2) is 0 Å². The lowest BCUT2D eigenvalue weighted by molar-refractivity contribution is -0.119. The summed E-state index contributed by atoms with van der Waals surface area (Å²) in [5.41, 5.74) is 6.17. The van der Waals surface area contributed by atoms with E-state index >= 15 is 0 Å². The third kappa shape index (κ3) is 3.61. The first-order valence-electron chi connectivity index (χ1n) is 6.61. The van der Waals surface area contributed by atoms with Crippen LogP contribution in [0.5, 0.6) is 11.5 Å². The minimum absolute atomic E-state index is 0.0278. The van der Waals surface area contributed by atoms with E-state index in [1.54, 1.807) is 6.07 Å². The van der Waals surface area contributed by atoms with Crippen LogP contribution in [0.4, 0.5) is 5.69 Å². The number of anilines is 1. The van der Waals surface area contributed by atoms with Gasteiger partial charge in [-0.15, -0.1) is 0 Å². The number of amides is 1. The van der Waals surface area contributed by atoms with Crippen molar-refractivity contribution in [1.82, 2.24) is 0 Å². The summed E-state index contributed by atoms with van der Waals surface area (Å²) in [5, 5.41) is 2.87. The molecule has 1 atom stereocenters. The Morgan fingerprint density at radius 1 is 1.37 bits per heavy atom. The van der Waals surface area contributed by atoms with Gasteiger partial charge in [0, 0.05) is 24.1 Å². The lowest BCUT2D eigenvalue weighted by Gasteiger charge is -2.13. The number of fused-ring (bicyclic) bond motifs is 1. The quantitative estimate of drug-likeness (QED) is 0.869. The van der Waals surface area contributed by atoms with E-state index in [4.69, 9.17) is 15.2 Å². The van der Waals surface area contributed by atoms with E-state index in [-0.39, 0.29) is 11.8 Å². The van der Waals surface area contributed by atoms with E-state index in [0.717, 1.165) is 17.9 Å². The number of benzene rings is 1. The van der Waals surface area contributed by atoms with E-state index < -0.39 is 0 Å². The minimum atomic E-state index is -0.0963. The Bertz CT molecular complexity index is 448. The molecule has 1 aliphatic heterocycles. The summed E-state index contributed by atoms with van der Waals surface area (Å²) in [7, 11) is 0. The highest BCUT2D eigenvalue weighted by Crippen LogP contribution is 2.32. The number of rotatable bonds is 4. The molecule has 0 fully saturated rings. The highest BCUT2D eigenvalue weighted by molar-refractivity contribution is 5.92. The highest BCUT2D eigenvalue weighted by Gasteiger charge is 2.14. The number of carbonyl (C=O) groups excluding carboxylic acids is 1. The standard InChI is InChI=1S/C14H20N2O3/c1-10(5-6-15)14(17)16-11-3-4-12-13(9-11)19-8-2-7-18-12/h3-4,9-10H,2,5-8,15H2,1H3,(H,16,17). The summed E-state index contributed by atoms with van der Waals surface area (Å²) < 4.78 is 11.1. The van der Waals surface area contributed by atoms with Gasteiger partial charge in [-0.2, -0.15) is 0 Å². The fourth-order valence-corrected chi connectivity index (χ4v) is 1.89. The molecule has 19 heavy (non-hydrogen) atoms. The second-order valence-electron chi connectivity index (χ2n) is 4.68. The maximum atomic E-state index is 11.9. The zero-order valence-corrected chi connectivity index (χ0v) is 11.1. The second-order valence-corrected chi connectivity index (χ2v) is 4.68. The first kappa shape index (κ1) is 13.7. The molecular formula is C14H20N2O3. The van der Waals surface area contributed by atoms with Crippen LogP contribution in [0.1, 0.15) is 19.8 Å². The van der Waals surface area contributed by atoms with Crippen LogP contribution in [0.15, 0.2) is 18.2 Å². The average molecular weight is 264 g/mol. The van der Waals surface area contributed by atoms with Gasteiger partial charge in [0.05, 0.1) is 13.2 Å². The molecule has 5 nitrogen and oxygen atoms in total. The molecule has 0 spiro atoms. The molecule has 0 bridgehead atoms. The van der Waals surface area contributed by atoms with Gasteiger partial charge < -0.3 is 20.5 Å². The number of nitrogens with two attached hydrogens (primary N) is 1. The van der Waals surface area contributed by atoms with Crippen molar-refractivity contribution in [3.8, 4) is 11.5 Å². The molecule has 1 aromatic carbocycles. The number of carbonyl (C=O) groups is 1. The third-order valence-corrected chi connectivity index (χ3v) is 3.06. The van der Waals surface area contributed by atoms with E-state index in [0.29, 0.717) is 31.9 Å².